The lowest BCUT2D eigenvalue weighted by Crippen LogP contribution is -2.36. The SMILES string of the molecule is CC(C)(O)C1CCC(COc2ccnc(Nc3ccc(N4CCOCC4)cc3)n2)CC1. The van der Waals surface area contributed by atoms with E-state index in [4.69, 9.17) is 9.47 Å². The number of morpholine rings is 1. The fourth-order valence-corrected chi connectivity index (χ4v) is 4.43. The van der Waals surface area contributed by atoms with Crippen molar-refractivity contribution >= 4 is 17.3 Å². The van der Waals surface area contributed by atoms with Crippen LogP contribution < -0.4 is 15.0 Å². The summed E-state index contributed by atoms with van der Waals surface area (Å²) in [5.41, 5.74) is 1.56. The molecule has 1 aliphatic heterocycles. The number of nitrogens with one attached hydrogen (secondary N) is 1. The third kappa shape index (κ3) is 6.08. The molecule has 0 atom stereocenters. The van der Waals surface area contributed by atoms with Crippen molar-refractivity contribution in [3.63, 3.8) is 0 Å². The van der Waals surface area contributed by atoms with Crippen LogP contribution in [0, 0.1) is 11.8 Å². The first-order chi connectivity index (χ1) is 15.0. The Morgan fingerprint density at radius 3 is 2.48 bits per heavy atom. The van der Waals surface area contributed by atoms with Crippen molar-refractivity contribution in [1.29, 1.82) is 0 Å². The van der Waals surface area contributed by atoms with Gasteiger partial charge < -0.3 is 24.8 Å². The molecule has 2 aliphatic rings. The van der Waals surface area contributed by atoms with Crippen LogP contribution in [0.25, 0.3) is 0 Å². The van der Waals surface area contributed by atoms with Crippen molar-refractivity contribution in [1.82, 2.24) is 9.97 Å². The van der Waals surface area contributed by atoms with Gasteiger partial charge in [0.1, 0.15) is 0 Å². The van der Waals surface area contributed by atoms with Crippen molar-refractivity contribution in [2.24, 2.45) is 11.8 Å². The van der Waals surface area contributed by atoms with Crippen LogP contribution in [0.2, 0.25) is 0 Å². The summed E-state index contributed by atoms with van der Waals surface area (Å²) >= 11 is 0. The lowest BCUT2D eigenvalue weighted by atomic mass is 9.75. The summed E-state index contributed by atoms with van der Waals surface area (Å²) in [6.45, 7) is 7.90. The number of hydrogen-bond donors (Lipinski definition) is 2. The molecule has 0 unspecified atom stereocenters. The van der Waals surface area contributed by atoms with E-state index in [1.807, 2.05) is 26.0 Å². The van der Waals surface area contributed by atoms with Gasteiger partial charge in [-0.1, -0.05) is 0 Å². The lowest BCUT2D eigenvalue weighted by molar-refractivity contribution is -0.00912. The largest absolute Gasteiger partial charge is 0.477 e. The second kappa shape index (κ2) is 9.83. The molecule has 0 amide bonds. The van der Waals surface area contributed by atoms with Crippen molar-refractivity contribution in [3.8, 4) is 5.88 Å². The third-order valence-electron chi connectivity index (χ3n) is 6.44. The molecule has 0 spiro atoms. The molecule has 31 heavy (non-hydrogen) atoms. The maximum Gasteiger partial charge on any atom is 0.230 e. The lowest BCUT2D eigenvalue weighted by Gasteiger charge is -2.35. The van der Waals surface area contributed by atoms with Crippen molar-refractivity contribution < 1.29 is 14.6 Å². The first kappa shape index (κ1) is 21.8. The molecule has 4 rings (SSSR count). The van der Waals surface area contributed by atoms with Crippen LogP contribution in [-0.4, -0.2) is 53.6 Å². The van der Waals surface area contributed by atoms with Gasteiger partial charge in [0, 0.05) is 36.7 Å². The van der Waals surface area contributed by atoms with Gasteiger partial charge in [0.05, 0.1) is 25.4 Å². The third-order valence-corrected chi connectivity index (χ3v) is 6.44. The van der Waals surface area contributed by atoms with E-state index in [0.29, 0.717) is 30.3 Å². The highest BCUT2D eigenvalue weighted by Crippen LogP contribution is 2.35. The average Bonchev–Trinajstić information content (AvgIpc) is 2.79. The highest BCUT2D eigenvalue weighted by Gasteiger charge is 2.31. The number of aromatic nitrogens is 2. The maximum atomic E-state index is 10.2. The molecule has 1 saturated heterocycles. The van der Waals surface area contributed by atoms with Crippen LogP contribution in [0.1, 0.15) is 39.5 Å². The summed E-state index contributed by atoms with van der Waals surface area (Å²) in [6, 6.07) is 10.1. The predicted molar refractivity (Wildman–Crippen MR) is 122 cm³/mol. The zero-order valence-corrected chi connectivity index (χ0v) is 18.6. The number of hydrogen-bond acceptors (Lipinski definition) is 7. The molecular formula is C24H34N4O3. The summed E-state index contributed by atoms with van der Waals surface area (Å²) in [4.78, 5) is 11.2. The van der Waals surface area contributed by atoms with E-state index in [9.17, 15) is 5.11 Å². The van der Waals surface area contributed by atoms with E-state index in [1.54, 1.807) is 12.3 Å². The van der Waals surface area contributed by atoms with Crippen LogP contribution in [-0.2, 0) is 4.74 Å². The molecule has 1 saturated carbocycles. The average molecular weight is 427 g/mol. The van der Waals surface area contributed by atoms with Crippen LogP contribution in [0.15, 0.2) is 36.5 Å². The van der Waals surface area contributed by atoms with E-state index < -0.39 is 5.60 Å². The molecule has 7 nitrogen and oxygen atoms in total. The zero-order chi connectivity index (χ0) is 21.7. The van der Waals surface area contributed by atoms with Crippen LogP contribution in [0.3, 0.4) is 0 Å². The minimum atomic E-state index is -0.584. The Labute approximate surface area is 184 Å². The van der Waals surface area contributed by atoms with Crippen LogP contribution >= 0.6 is 0 Å². The predicted octanol–water partition coefficient (Wildman–Crippen LogP) is 4.01. The Bertz CT molecular complexity index is 823. The molecule has 2 N–H and O–H groups in total. The van der Waals surface area contributed by atoms with E-state index in [2.05, 4.69) is 32.3 Å². The zero-order valence-electron chi connectivity index (χ0n) is 18.6. The second-order valence-electron chi connectivity index (χ2n) is 9.17. The number of anilines is 3. The van der Waals surface area contributed by atoms with Crippen LogP contribution in [0.5, 0.6) is 5.88 Å². The van der Waals surface area contributed by atoms with Crippen molar-refractivity contribution in [2.45, 2.75) is 45.1 Å². The number of nitrogens with zero attached hydrogens (tertiary/aromatic N) is 3. The number of ether oxygens (including phenoxy) is 2. The first-order valence-corrected chi connectivity index (χ1v) is 11.4. The Hall–Kier alpha value is -2.38. The first-order valence-electron chi connectivity index (χ1n) is 11.4. The van der Waals surface area contributed by atoms with E-state index in [0.717, 1.165) is 57.7 Å². The minimum Gasteiger partial charge on any atom is -0.477 e. The van der Waals surface area contributed by atoms with Crippen molar-refractivity contribution in [2.75, 3.05) is 43.1 Å². The number of benzene rings is 1. The minimum absolute atomic E-state index is 0.383. The Kier molecular flexibility index (Phi) is 6.92. The fraction of sp³-hybridized carbons (Fsp3) is 0.583. The molecule has 1 aromatic carbocycles. The van der Waals surface area contributed by atoms with Gasteiger partial charge in [0.2, 0.25) is 11.8 Å². The highest BCUT2D eigenvalue weighted by molar-refractivity contribution is 5.59. The monoisotopic (exact) mass is 426 g/mol. The molecular weight excluding hydrogens is 392 g/mol. The summed E-state index contributed by atoms with van der Waals surface area (Å²) in [6.07, 6.45) is 5.99. The molecule has 2 aromatic rings. The maximum absolute atomic E-state index is 10.2. The van der Waals surface area contributed by atoms with Gasteiger partial charge in [-0.3, -0.25) is 0 Å². The van der Waals surface area contributed by atoms with Gasteiger partial charge >= 0.3 is 0 Å². The van der Waals surface area contributed by atoms with E-state index >= 15 is 0 Å². The molecule has 2 heterocycles. The molecule has 168 valence electrons. The van der Waals surface area contributed by atoms with E-state index in [1.165, 1.54) is 5.69 Å². The fourth-order valence-electron chi connectivity index (χ4n) is 4.43. The summed E-state index contributed by atoms with van der Waals surface area (Å²) in [7, 11) is 0. The highest BCUT2D eigenvalue weighted by atomic mass is 16.5. The molecule has 1 aromatic heterocycles. The quantitative estimate of drug-likeness (QED) is 0.692. The molecule has 0 radical (unpaired) electrons. The smallest absolute Gasteiger partial charge is 0.230 e. The second-order valence-corrected chi connectivity index (χ2v) is 9.17. The topological polar surface area (TPSA) is 79.7 Å². The Morgan fingerprint density at radius 2 is 1.81 bits per heavy atom. The Balaban J connectivity index is 1.27. The molecule has 0 bridgehead atoms. The molecule has 2 fully saturated rings. The van der Waals surface area contributed by atoms with Crippen molar-refractivity contribution in [3.05, 3.63) is 36.5 Å². The van der Waals surface area contributed by atoms with Gasteiger partial charge in [0.15, 0.2) is 0 Å². The van der Waals surface area contributed by atoms with Gasteiger partial charge in [-0.05, 0) is 75.6 Å². The number of rotatable bonds is 7. The van der Waals surface area contributed by atoms with Gasteiger partial charge in [-0.15, -0.1) is 0 Å². The van der Waals surface area contributed by atoms with Crippen LogP contribution in [0.4, 0.5) is 17.3 Å². The summed E-state index contributed by atoms with van der Waals surface area (Å²) < 4.78 is 11.4. The summed E-state index contributed by atoms with van der Waals surface area (Å²) in [5, 5.41) is 13.5. The Morgan fingerprint density at radius 1 is 1.10 bits per heavy atom. The normalized spacial score (nSPS) is 22.2. The van der Waals surface area contributed by atoms with Gasteiger partial charge in [-0.25, -0.2) is 4.98 Å². The standard InChI is InChI=1S/C24H34N4O3/c1-24(2,29)19-5-3-18(4-6-19)17-31-22-11-12-25-23(27-22)26-20-7-9-21(10-8-20)28-13-15-30-16-14-28/h7-12,18-19,29H,3-6,13-17H2,1-2H3,(H,25,26,27). The summed E-state index contributed by atoms with van der Waals surface area (Å²) in [5.74, 6) is 2.01. The van der Waals surface area contributed by atoms with Gasteiger partial charge in [0.25, 0.3) is 0 Å². The molecule has 7 heteroatoms. The van der Waals surface area contributed by atoms with Gasteiger partial charge in [-0.2, -0.15) is 4.98 Å². The number of aliphatic hydroxyl groups is 1. The molecule has 1 aliphatic carbocycles. The van der Waals surface area contributed by atoms with E-state index in [-0.39, 0.29) is 0 Å².